The minimum Gasteiger partial charge on any atom is -0.455 e. The molecule has 3 rings (SSSR count). The predicted octanol–water partition coefficient (Wildman–Crippen LogP) is 5.30. The van der Waals surface area contributed by atoms with E-state index in [1.807, 2.05) is 25.1 Å². The summed E-state index contributed by atoms with van der Waals surface area (Å²) in [6.07, 6.45) is 3.32. The Morgan fingerprint density at radius 1 is 1.04 bits per heavy atom. The molecule has 2 aromatic rings. The van der Waals surface area contributed by atoms with E-state index < -0.39 is 11.3 Å². The van der Waals surface area contributed by atoms with Crippen LogP contribution in [0.4, 0.5) is 5.69 Å². The number of carbonyl (C=O) groups excluding carboxylic acids is 2. The molecule has 1 amide bonds. The Bertz CT molecular complexity index is 843. The molecule has 0 bridgehead atoms. The summed E-state index contributed by atoms with van der Waals surface area (Å²) in [5, 5.41) is 3.89. The van der Waals surface area contributed by atoms with E-state index in [2.05, 4.69) is 5.32 Å². The van der Waals surface area contributed by atoms with Crippen molar-refractivity contribution in [3.63, 3.8) is 0 Å². The molecule has 142 valence electrons. The highest BCUT2D eigenvalue weighted by Gasteiger charge is 2.44. The molecule has 0 aromatic heterocycles. The lowest BCUT2D eigenvalue weighted by molar-refractivity contribution is -0.153. The first-order chi connectivity index (χ1) is 12.9. The summed E-state index contributed by atoms with van der Waals surface area (Å²) >= 11 is 11.9. The van der Waals surface area contributed by atoms with Crippen LogP contribution in [0.1, 0.15) is 36.8 Å². The molecule has 1 fully saturated rings. The molecule has 1 N–H and O–H groups in total. The van der Waals surface area contributed by atoms with Gasteiger partial charge in [-0.15, -0.1) is 0 Å². The smallest absolute Gasteiger partial charge is 0.317 e. The largest absolute Gasteiger partial charge is 0.455 e. The summed E-state index contributed by atoms with van der Waals surface area (Å²) < 4.78 is 5.40. The van der Waals surface area contributed by atoms with Gasteiger partial charge < -0.3 is 10.1 Å². The number of amides is 1. The summed E-state index contributed by atoms with van der Waals surface area (Å²) in [6, 6.07) is 12.5. The quantitative estimate of drug-likeness (QED) is 0.686. The molecule has 4 nitrogen and oxygen atoms in total. The molecule has 1 aliphatic rings. The van der Waals surface area contributed by atoms with Crippen molar-refractivity contribution in [2.75, 3.05) is 11.9 Å². The van der Waals surface area contributed by atoms with Gasteiger partial charge in [0, 0.05) is 15.7 Å². The van der Waals surface area contributed by atoms with Crippen molar-refractivity contribution in [1.82, 2.24) is 0 Å². The van der Waals surface area contributed by atoms with Crippen LogP contribution < -0.4 is 5.32 Å². The number of nitrogens with one attached hydrogen (secondary N) is 1. The van der Waals surface area contributed by atoms with Crippen molar-refractivity contribution < 1.29 is 14.3 Å². The molecule has 0 unspecified atom stereocenters. The minimum atomic E-state index is -0.698. The van der Waals surface area contributed by atoms with Crippen molar-refractivity contribution >= 4 is 40.8 Å². The predicted molar refractivity (Wildman–Crippen MR) is 107 cm³/mol. The molecular formula is C21H21Cl2NO3. The van der Waals surface area contributed by atoms with Gasteiger partial charge in [0.15, 0.2) is 6.61 Å². The van der Waals surface area contributed by atoms with Crippen LogP contribution in [0.3, 0.4) is 0 Å². The third kappa shape index (κ3) is 4.45. The van der Waals surface area contributed by atoms with E-state index in [9.17, 15) is 9.59 Å². The van der Waals surface area contributed by atoms with Crippen LogP contribution >= 0.6 is 23.2 Å². The Morgan fingerprint density at radius 2 is 1.67 bits per heavy atom. The molecule has 0 atom stereocenters. The van der Waals surface area contributed by atoms with Crippen molar-refractivity contribution in [2.24, 2.45) is 0 Å². The van der Waals surface area contributed by atoms with Crippen molar-refractivity contribution in [3.05, 3.63) is 63.6 Å². The zero-order valence-corrected chi connectivity index (χ0v) is 16.6. The van der Waals surface area contributed by atoms with Gasteiger partial charge in [-0.3, -0.25) is 9.59 Å². The third-order valence-electron chi connectivity index (χ3n) is 5.05. The summed E-state index contributed by atoms with van der Waals surface area (Å²) in [5.41, 5.74) is 1.68. The fourth-order valence-corrected chi connectivity index (χ4v) is 3.84. The molecule has 0 radical (unpaired) electrons. The Kier molecular flexibility index (Phi) is 6.08. The first kappa shape index (κ1) is 19.7. The standard InChI is InChI=1S/C21H21Cl2NO3/c1-14-4-7-17(23)12-18(14)24-19(25)13-27-20(26)21(10-2-3-11-21)15-5-8-16(22)9-6-15/h4-9,12H,2-3,10-11,13H2,1H3,(H,24,25). The molecule has 0 spiro atoms. The maximum atomic E-state index is 12.9. The molecule has 0 saturated heterocycles. The second kappa shape index (κ2) is 8.32. The lowest BCUT2D eigenvalue weighted by Gasteiger charge is -2.27. The molecule has 0 heterocycles. The fourth-order valence-electron chi connectivity index (χ4n) is 3.54. The van der Waals surface area contributed by atoms with Gasteiger partial charge in [0.2, 0.25) is 0 Å². The first-order valence-corrected chi connectivity index (χ1v) is 9.66. The Hall–Kier alpha value is -2.04. The van der Waals surface area contributed by atoms with Gasteiger partial charge in [-0.25, -0.2) is 0 Å². The van der Waals surface area contributed by atoms with Gasteiger partial charge in [0.05, 0.1) is 5.41 Å². The molecule has 1 saturated carbocycles. The maximum Gasteiger partial charge on any atom is 0.317 e. The van der Waals surface area contributed by atoms with E-state index in [4.69, 9.17) is 27.9 Å². The normalized spacial score (nSPS) is 15.4. The lowest BCUT2D eigenvalue weighted by atomic mass is 9.79. The van der Waals surface area contributed by atoms with Gasteiger partial charge in [0.25, 0.3) is 5.91 Å². The second-order valence-corrected chi connectivity index (χ2v) is 7.75. The molecule has 2 aromatic carbocycles. The number of hydrogen-bond acceptors (Lipinski definition) is 3. The van der Waals surface area contributed by atoms with Gasteiger partial charge in [0.1, 0.15) is 0 Å². The summed E-state index contributed by atoms with van der Waals surface area (Å²) in [5.74, 6) is -0.752. The van der Waals surface area contributed by atoms with Gasteiger partial charge in [-0.1, -0.05) is 54.2 Å². The molecule has 6 heteroatoms. The lowest BCUT2D eigenvalue weighted by Crippen LogP contribution is -2.36. The van der Waals surface area contributed by atoms with E-state index in [-0.39, 0.29) is 12.6 Å². The summed E-state index contributed by atoms with van der Waals surface area (Å²) in [4.78, 5) is 25.1. The topological polar surface area (TPSA) is 55.4 Å². The average molecular weight is 406 g/mol. The van der Waals surface area contributed by atoms with Gasteiger partial charge in [-0.2, -0.15) is 0 Å². The number of anilines is 1. The SMILES string of the molecule is Cc1ccc(Cl)cc1NC(=O)COC(=O)C1(c2ccc(Cl)cc2)CCCC1. The fraction of sp³-hybridized carbons (Fsp3) is 0.333. The number of esters is 1. The van der Waals surface area contributed by atoms with E-state index in [0.29, 0.717) is 28.6 Å². The van der Waals surface area contributed by atoms with Gasteiger partial charge in [-0.05, 0) is 55.2 Å². The number of benzene rings is 2. The van der Waals surface area contributed by atoms with E-state index in [1.165, 1.54) is 0 Å². The molecule has 0 aliphatic heterocycles. The van der Waals surface area contributed by atoms with Crippen LogP contribution in [-0.2, 0) is 19.7 Å². The molecule has 1 aliphatic carbocycles. The Labute approximate surface area is 168 Å². The number of hydrogen-bond donors (Lipinski definition) is 1. The summed E-state index contributed by atoms with van der Waals surface area (Å²) in [6.45, 7) is 1.53. The number of ether oxygens (including phenoxy) is 1. The second-order valence-electron chi connectivity index (χ2n) is 6.88. The minimum absolute atomic E-state index is 0.333. The number of halogens is 2. The van der Waals surface area contributed by atoms with Crippen LogP contribution in [0.25, 0.3) is 0 Å². The van der Waals surface area contributed by atoms with Crippen molar-refractivity contribution in [1.29, 1.82) is 0 Å². The first-order valence-electron chi connectivity index (χ1n) is 8.90. The Morgan fingerprint density at radius 3 is 2.33 bits per heavy atom. The Balaban J connectivity index is 1.67. The van der Waals surface area contributed by atoms with Crippen LogP contribution in [0.15, 0.2) is 42.5 Å². The highest BCUT2D eigenvalue weighted by Crippen LogP contribution is 2.42. The molecule has 27 heavy (non-hydrogen) atoms. The number of carbonyl (C=O) groups is 2. The highest BCUT2D eigenvalue weighted by atomic mass is 35.5. The zero-order chi connectivity index (χ0) is 19.4. The van der Waals surface area contributed by atoms with E-state index >= 15 is 0 Å². The molecular weight excluding hydrogens is 385 g/mol. The van der Waals surface area contributed by atoms with Crippen molar-refractivity contribution in [2.45, 2.75) is 38.0 Å². The monoisotopic (exact) mass is 405 g/mol. The average Bonchev–Trinajstić information content (AvgIpc) is 3.14. The van der Waals surface area contributed by atoms with Crippen molar-refractivity contribution in [3.8, 4) is 0 Å². The highest BCUT2D eigenvalue weighted by molar-refractivity contribution is 6.31. The van der Waals surface area contributed by atoms with E-state index in [0.717, 1.165) is 24.0 Å². The zero-order valence-electron chi connectivity index (χ0n) is 15.1. The van der Waals surface area contributed by atoms with E-state index in [1.54, 1.807) is 24.3 Å². The van der Waals surface area contributed by atoms with Crippen LogP contribution in [0.2, 0.25) is 10.0 Å². The summed E-state index contributed by atoms with van der Waals surface area (Å²) in [7, 11) is 0. The van der Waals surface area contributed by atoms with Crippen LogP contribution in [-0.4, -0.2) is 18.5 Å². The third-order valence-corrected chi connectivity index (χ3v) is 5.54. The van der Waals surface area contributed by atoms with Gasteiger partial charge >= 0.3 is 5.97 Å². The maximum absolute atomic E-state index is 12.9. The number of aryl methyl sites for hydroxylation is 1. The van der Waals surface area contributed by atoms with Crippen LogP contribution in [0, 0.1) is 6.92 Å². The van der Waals surface area contributed by atoms with Crippen LogP contribution in [0.5, 0.6) is 0 Å². The number of rotatable bonds is 5.